The topological polar surface area (TPSA) is 83.5 Å². The molecule has 1 fully saturated rings. The van der Waals surface area contributed by atoms with E-state index >= 15 is 0 Å². The Balaban J connectivity index is 2.33. The van der Waals surface area contributed by atoms with Crippen LogP contribution in [0.1, 0.15) is 13.8 Å². The molecule has 0 radical (unpaired) electrons. The van der Waals surface area contributed by atoms with E-state index in [9.17, 15) is 16.8 Å². The van der Waals surface area contributed by atoms with E-state index in [4.69, 9.17) is 0 Å². The molecule has 1 aromatic rings. The summed E-state index contributed by atoms with van der Waals surface area (Å²) in [5.41, 5.74) is 0. The van der Waals surface area contributed by atoms with Crippen LogP contribution in [-0.4, -0.2) is 52.6 Å². The zero-order valence-corrected chi connectivity index (χ0v) is 13.7. The number of sulfone groups is 1. The van der Waals surface area contributed by atoms with Gasteiger partial charge in [0, 0.05) is 25.7 Å². The maximum absolute atomic E-state index is 12.6. The highest BCUT2D eigenvalue weighted by molar-refractivity contribution is 7.91. The Kier molecular flexibility index (Phi) is 4.72. The zero-order chi connectivity index (χ0) is 15.7. The summed E-state index contributed by atoms with van der Waals surface area (Å²) in [6, 6.07) is 5.33. The number of nitrogens with zero attached hydrogens (tertiary/aromatic N) is 1. The summed E-state index contributed by atoms with van der Waals surface area (Å²) in [6.45, 7) is 5.05. The van der Waals surface area contributed by atoms with Gasteiger partial charge in [0.05, 0.1) is 15.5 Å². The van der Waals surface area contributed by atoms with Crippen molar-refractivity contribution >= 4 is 19.9 Å². The number of benzene rings is 1. The summed E-state index contributed by atoms with van der Waals surface area (Å²) in [5.74, 6) is -0.00603. The average Bonchev–Trinajstić information content (AvgIpc) is 2.47. The highest BCUT2D eigenvalue weighted by atomic mass is 32.2. The van der Waals surface area contributed by atoms with Gasteiger partial charge in [0.1, 0.15) is 0 Å². The largest absolute Gasteiger partial charge is 0.314 e. The Morgan fingerprint density at radius 2 is 1.71 bits per heavy atom. The molecule has 0 aliphatic carbocycles. The fourth-order valence-corrected chi connectivity index (χ4v) is 4.82. The van der Waals surface area contributed by atoms with Gasteiger partial charge in [-0.3, -0.25) is 0 Å². The number of nitrogens with one attached hydrogen (secondary N) is 1. The first-order valence-corrected chi connectivity index (χ1v) is 9.93. The molecule has 21 heavy (non-hydrogen) atoms. The Hall–Kier alpha value is -0.960. The van der Waals surface area contributed by atoms with Gasteiger partial charge in [-0.2, -0.15) is 4.31 Å². The van der Waals surface area contributed by atoms with E-state index in [-0.39, 0.29) is 21.6 Å². The molecular weight excluding hydrogens is 312 g/mol. The summed E-state index contributed by atoms with van der Waals surface area (Å²) in [6.07, 6.45) is 0. The lowest BCUT2D eigenvalue weighted by Gasteiger charge is -2.32. The molecule has 118 valence electrons. The van der Waals surface area contributed by atoms with Crippen molar-refractivity contribution in [2.75, 3.05) is 25.4 Å². The monoisotopic (exact) mass is 332 g/mol. The van der Waals surface area contributed by atoms with Crippen LogP contribution in [-0.2, 0) is 19.9 Å². The molecule has 2 rings (SSSR count). The van der Waals surface area contributed by atoms with Crippen molar-refractivity contribution in [2.24, 2.45) is 0 Å². The summed E-state index contributed by atoms with van der Waals surface area (Å²) < 4.78 is 50.1. The SMILES string of the molecule is CCS(=O)(=O)c1ccc(S(=O)(=O)N2CCNC[C@@H]2C)cc1. The van der Waals surface area contributed by atoms with Crippen LogP contribution >= 0.6 is 0 Å². The van der Waals surface area contributed by atoms with Gasteiger partial charge in [-0.15, -0.1) is 0 Å². The third kappa shape index (κ3) is 3.28. The van der Waals surface area contributed by atoms with E-state index in [2.05, 4.69) is 5.32 Å². The first-order chi connectivity index (χ1) is 9.79. The second-order valence-corrected chi connectivity index (χ2v) is 9.21. The van der Waals surface area contributed by atoms with E-state index in [0.717, 1.165) is 0 Å². The number of hydrogen-bond acceptors (Lipinski definition) is 5. The van der Waals surface area contributed by atoms with Crippen molar-refractivity contribution < 1.29 is 16.8 Å². The van der Waals surface area contributed by atoms with Crippen LogP contribution in [0.2, 0.25) is 0 Å². The van der Waals surface area contributed by atoms with Gasteiger partial charge in [-0.1, -0.05) is 6.92 Å². The molecule has 1 aliphatic heterocycles. The highest BCUT2D eigenvalue weighted by Crippen LogP contribution is 2.21. The Bertz CT molecular complexity index is 696. The van der Waals surface area contributed by atoms with E-state index in [1.54, 1.807) is 6.92 Å². The Labute approximate surface area is 126 Å². The Morgan fingerprint density at radius 3 is 2.24 bits per heavy atom. The molecule has 1 saturated heterocycles. The molecule has 0 amide bonds. The number of hydrogen-bond donors (Lipinski definition) is 1. The van der Waals surface area contributed by atoms with Crippen molar-refractivity contribution in [3.05, 3.63) is 24.3 Å². The smallest absolute Gasteiger partial charge is 0.243 e. The zero-order valence-electron chi connectivity index (χ0n) is 12.1. The molecule has 0 aromatic heterocycles. The second kappa shape index (κ2) is 6.04. The van der Waals surface area contributed by atoms with E-state index in [1.807, 2.05) is 6.92 Å². The van der Waals surface area contributed by atoms with Crippen LogP contribution < -0.4 is 5.32 Å². The van der Waals surface area contributed by atoms with Crippen molar-refractivity contribution in [1.82, 2.24) is 9.62 Å². The molecule has 1 aromatic carbocycles. The van der Waals surface area contributed by atoms with Gasteiger partial charge in [-0.25, -0.2) is 16.8 Å². The molecule has 6 nitrogen and oxygen atoms in total. The average molecular weight is 332 g/mol. The number of sulfonamides is 1. The molecule has 0 unspecified atom stereocenters. The first-order valence-electron chi connectivity index (χ1n) is 6.84. The van der Waals surface area contributed by atoms with Crippen molar-refractivity contribution in [3.8, 4) is 0 Å². The summed E-state index contributed by atoms with van der Waals surface area (Å²) in [7, 11) is -6.90. The van der Waals surface area contributed by atoms with Gasteiger partial charge < -0.3 is 5.32 Å². The molecule has 0 spiro atoms. The van der Waals surface area contributed by atoms with Gasteiger partial charge in [-0.05, 0) is 31.2 Å². The standard InChI is InChI=1S/C13H20N2O4S2/c1-3-20(16,17)12-4-6-13(7-5-12)21(18,19)15-9-8-14-10-11(15)2/h4-7,11,14H,3,8-10H2,1-2H3/t11-/m0/s1. The predicted molar refractivity (Wildman–Crippen MR) is 80.4 cm³/mol. The summed E-state index contributed by atoms with van der Waals surface area (Å²) in [5, 5.41) is 3.14. The normalized spacial score (nSPS) is 21.3. The quantitative estimate of drug-likeness (QED) is 0.866. The minimum absolute atomic E-state index is 0.00603. The summed E-state index contributed by atoms with van der Waals surface area (Å²) in [4.78, 5) is 0.281. The minimum Gasteiger partial charge on any atom is -0.314 e. The maximum atomic E-state index is 12.6. The van der Waals surface area contributed by atoms with E-state index < -0.39 is 19.9 Å². The molecule has 0 saturated carbocycles. The third-order valence-electron chi connectivity index (χ3n) is 3.61. The lowest BCUT2D eigenvalue weighted by Crippen LogP contribution is -2.52. The molecule has 8 heteroatoms. The molecule has 1 atom stereocenters. The number of piperazine rings is 1. The van der Waals surface area contributed by atoms with Crippen LogP contribution in [0.5, 0.6) is 0 Å². The fourth-order valence-electron chi connectivity index (χ4n) is 2.30. The molecule has 0 bridgehead atoms. The van der Waals surface area contributed by atoms with Gasteiger partial charge in [0.25, 0.3) is 0 Å². The predicted octanol–water partition coefficient (Wildman–Crippen LogP) is 0.463. The second-order valence-electron chi connectivity index (χ2n) is 5.04. The van der Waals surface area contributed by atoms with Gasteiger partial charge >= 0.3 is 0 Å². The summed E-state index contributed by atoms with van der Waals surface area (Å²) >= 11 is 0. The minimum atomic E-state index is -3.58. The van der Waals surface area contributed by atoms with Crippen molar-refractivity contribution in [3.63, 3.8) is 0 Å². The van der Waals surface area contributed by atoms with Crippen LogP contribution in [0.4, 0.5) is 0 Å². The fraction of sp³-hybridized carbons (Fsp3) is 0.538. The van der Waals surface area contributed by atoms with Crippen molar-refractivity contribution in [1.29, 1.82) is 0 Å². The van der Waals surface area contributed by atoms with Gasteiger partial charge in [0.2, 0.25) is 10.0 Å². The van der Waals surface area contributed by atoms with Crippen molar-refractivity contribution in [2.45, 2.75) is 29.7 Å². The van der Waals surface area contributed by atoms with E-state index in [0.29, 0.717) is 19.6 Å². The number of rotatable bonds is 4. The van der Waals surface area contributed by atoms with Crippen LogP contribution in [0.15, 0.2) is 34.1 Å². The first kappa shape index (κ1) is 16.4. The molecule has 1 aliphatic rings. The lowest BCUT2D eigenvalue weighted by atomic mass is 10.3. The molecule has 1 N–H and O–H groups in total. The molecular formula is C13H20N2O4S2. The molecule has 1 heterocycles. The Morgan fingerprint density at radius 1 is 1.14 bits per heavy atom. The maximum Gasteiger partial charge on any atom is 0.243 e. The van der Waals surface area contributed by atoms with E-state index in [1.165, 1.54) is 28.6 Å². The van der Waals surface area contributed by atoms with Crippen LogP contribution in [0, 0.1) is 0 Å². The third-order valence-corrected chi connectivity index (χ3v) is 7.39. The van der Waals surface area contributed by atoms with Crippen LogP contribution in [0.3, 0.4) is 0 Å². The van der Waals surface area contributed by atoms with Crippen LogP contribution in [0.25, 0.3) is 0 Å². The highest BCUT2D eigenvalue weighted by Gasteiger charge is 2.30. The lowest BCUT2D eigenvalue weighted by molar-refractivity contribution is 0.284. The van der Waals surface area contributed by atoms with Gasteiger partial charge in [0.15, 0.2) is 9.84 Å².